The molecular formula is C16H16BrNO. The van der Waals surface area contributed by atoms with E-state index in [-0.39, 0.29) is 0 Å². The van der Waals surface area contributed by atoms with Crippen molar-refractivity contribution in [3.05, 3.63) is 58.1 Å². The Morgan fingerprint density at radius 1 is 1.26 bits per heavy atom. The van der Waals surface area contributed by atoms with Crippen molar-refractivity contribution in [1.29, 1.82) is 0 Å². The molecule has 0 aliphatic carbocycles. The maximum absolute atomic E-state index is 9.98. The van der Waals surface area contributed by atoms with Crippen molar-refractivity contribution in [2.24, 2.45) is 0 Å². The molecule has 1 heterocycles. The second kappa shape index (κ2) is 4.89. The monoisotopic (exact) mass is 317 g/mol. The number of benzene rings is 2. The van der Waals surface area contributed by atoms with Gasteiger partial charge >= 0.3 is 0 Å². The molecule has 0 spiro atoms. The molecule has 1 unspecified atom stereocenters. The predicted octanol–water partition coefficient (Wildman–Crippen LogP) is 4.11. The Labute approximate surface area is 121 Å². The van der Waals surface area contributed by atoms with Gasteiger partial charge in [0.05, 0.1) is 0 Å². The van der Waals surface area contributed by atoms with Gasteiger partial charge in [-0.05, 0) is 43.2 Å². The molecule has 0 bridgehead atoms. The smallest absolute Gasteiger partial charge is 0.120 e. The molecule has 3 rings (SSSR count). The number of fused-ring (bicyclic) bond motifs is 1. The van der Waals surface area contributed by atoms with Crippen molar-refractivity contribution in [1.82, 2.24) is 0 Å². The summed E-state index contributed by atoms with van der Waals surface area (Å²) < 4.78 is 1.00. The first-order chi connectivity index (χ1) is 9.15. The van der Waals surface area contributed by atoms with Crippen LogP contribution in [0.4, 0.5) is 5.69 Å². The van der Waals surface area contributed by atoms with Gasteiger partial charge in [0.25, 0.3) is 0 Å². The minimum Gasteiger partial charge on any atom is -0.508 e. The quantitative estimate of drug-likeness (QED) is 0.901. The van der Waals surface area contributed by atoms with Gasteiger partial charge in [0.1, 0.15) is 5.75 Å². The van der Waals surface area contributed by atoms with Gasteiger partial charge in [-0.2, -0.15) is 0 Å². The van der Waals surface area contributed by atoms with Crippen LogP contribution in [0.3, 0.4) is 0 Å². The highest BCUT2D eigenvalue weighted by Gasteiger charge is 2.25. The number of phenols is 1. The lowest BCUT2D eigenvalue weighted by molar-refractivity contribution is 0.466. The van der Waals surface area contributed by atoms with Crippen molar-refractivity contribution in [2.75, 3.05) is 4.90 Å². The molecule has 0 saturated carbocycles. The molecule has 0 radical (unpaired) electrons. The van der Waals surface area contributed by atoms with Gasteiger partial charge in [-0.3, -0.25) is 0 Å². The lowest BCUT2D eigenvalue weighted by Crippen LogP contribution is -2.28. The largest absolute Gasteiger partial charge is 0.508 e. The van der Waals surface area contributed by atoms with Crippen LogP contribution in [-0.4, -0.2) is 11.1 Å². The number of aromatic hydroxyl groups is 1. The fourth-order valence-corrected chi connectivity index (χ4v) is 3.14. The number of halogens is 1. The van der Waals surface area contributed by atoms with Gasteiger partial charge in [-0.15, -0.1) is 0 Å². The number of hydrogen-bond acceptors (Lipinski definition) is 2. The topological polar surface area (TPSA) is 23.5 Å². The second-order valence-corrected chi connectivity index (χ2v) is 6.00. The third-order valence-electron chi connectivity index (χ3n) is 3.73. The third-order valence-corrected chi connectivity index (χ3v) is 4.22. The van der Waals surface area contributed by atoms with Crippen LogP contribution in [-0.2, 0) is 13.0 Å². The zero-order valence-electron chi connectivity index (χ0n) is 10.8. The molecule has 2 aromatic rings. The summed E-state index contributed by atoms with van der Waals surface area (Å²) in [6.45, 7) is 2.97. The fourth-order valence-electron chi connectivity index (χ4n) is 2.73. The maximum atomic E-state index is 9.98. The van der Waals surface area contributed by atoms with Gasteiger partial charge in [-0.25, -0.2) is 0 Å². The van der Waals surface area contributed by atoms with Crippen LogP contribution in [0.1, 0.15) is 18.1 Å². The van der Waals surface area contributed by atoms with E-state index in [1.165, 1.54) is 11.3 Å². The maximum Gasteiger partial charge on any atom is 0.120 e. The van der Waals surface area contributed by atoms with Crippen molar-refractivity contribution in [3.63, 3.8) is 0 Å². The van der Waals surface area contributed by atoms with Crippen LogP contribution < -0.4 is 4.90 Å². The van der Waals surface area contributed by atoms with Gasteiger partial charge in [0, 0.05) is 28.3 Å². The Kier molecular flexibility index (Phi) is 3.23. The Morgan fingerprint density at radius 2 is 2.05 bits per heavy atom. The molecule has 1 atom stereocenters. The average Bonchev–Trinajstić information content (AvgIpc) is 2.71. The standard InChI is InChI=1S/C16H16BrNO/c1-11-8-12-4-2-3-5-15(12)18(11)10-13-9-14(17)6-7-16(13)19/h2-7,9,11,19H,8,10H2,1H3. The number of phenolic OH excluding ortho intramolecular Hbond substituents is 1. The van der Waals surface area contributed by atoms with Crippen LogP contribution in [0.5, 0.6) is 5.75 Å². The van der Waals surface area contributed by atoms with Crippen LogP contribution in [0, 0.1) is 0 Å². The number of para-hydroxylation sites is 1. The van der Waals surface area contributed by atoms with Gasteiger partial charge in [-0.1, -0.05) is 34.1 Å². The van der Waals surface area contributed by atoms with Gasteiger partial charge in [0.15, 0.2) is 0 Å². The fraction of sp³-hybridized carbons (Fsp3) is 0.250. The van der Waals surface area contributed by atoms with E-state index in [0.29, 0.717) is 11.8 Å². The van der Waals surface area contributed by atoms with E-state index in [9.17, 15) is 5.11 Å². The SMILES string of the molecule is CC1Cc2ccccc2N1Cc1cc(Br)ccc1O. The summed E-state index contributed by atoms with van der Waals surface area (Å²) in [6, 6.07) is 14.6. The van der Waals surface area contributed by atoms with E-state index in [1.807, 2.05) is 12.1 Å². The lowest BCUT2D eigenvalue weighted by Gasteiger charge is -2.25. The van der Waals surface area contributed by atoms with Gasteiger partial charge < -0.3 is 10.0 Å². The van der Waals surface area contributed by atoms with E-state index in [0.717, 1.165) is 23.0 Å². The number of hydrogen-bond donors (Lipinski definition) is 1. The second-order valence-electron chi connectivity index (χ2n) is 5.08. The first kappa shape index (κ1) is 12.5. The molecule has 2 nitrogen and oxygen atoms in total. The Morgan fingerprint density at radius 3 is 2.89 bits per heavy atom. The highest BCUT2D eigenvalue weighted by molar-refractivity contribution is 9.10. The van der Waals surface area contributed by atoms with Gasteiger partial charge in [0.2, 0.25) is 0 Å². The molecule has 2 aromatic carbocycles. The molecule has 1 aliphatic heterocycles. The molecule has 0 amide bonds. The molecule has 0 fully saturated rings. The zero-order valence-corrected chi connectivity index (χ0v) is 12.4. The molecule has 3 heteroatoms. The van der Waals surface area contributed by atoms with Crippen LogP contribution in [0.2, 0.25) is 0 Å². The minimum absolute atomic E-state index is 0.361. The lowest BCUT2D eigenvalue weighted by atomic mass is 10.1. The number of nitrogens with zero attached hydrogens (tertiary/aromatic N) is 1. The Balaban J connectivity index is 1.93. The Bertz CT molecular complexity index is 611. The van der Waals surface area contributed by atoms with Crippen molar-refractivity contribution >= 4 is 21.6 Å². The first-order valence-electron chi connectivity index (χ1n) is 6.47. The third kappa shape index (κ3) is 2.35. The highest BCUT2D eigenvalue weighted by Crippen LogP contribution is 2.34. The summed E-state index contributed by atoms with van der Waals surface area (Å²) in [5.74, 6) is 0.361. The summed E-state index contributed by atoms with van der Waals surface area (Å²) in [7, 11) is 0. The zero-order chi connectivity index (χ0) is 13.4. The van der Waals surface area contributed by atoms with E-state index < -0.39 is 0 Å². The average molecular weight is 318 g/mol. The van der Waals surface area contributed by atoms with Crippen LogP contribution in [0.25, 0.3) is 0 Å². The highest BCUT2D eigenvalue weighted by atomic mass is 79.9. The van der Waals surface area contributed by atoms with E-state index in [1.54, 1.807) is 6.07 Å². The summed E-state index contributed by atoms with van der Waals surface area (Å²) in [5, 5.41) is 9.98. The predicted molar refractivity (Wildman–Crippen MR) is 81.6 cm³/mol. The molecule has 98 valence electrons. The van der Waals surface area contributed by atoms with E-state index in [4.69, 9.17) is 0 Å². The van der Waals surface area contributed by atoms with E-state index >= 15 is 0 Å². The number of rotatable bonds is 2. The van der Waals surface area contributed by atoms with Crippen molar-refractivity contribution < 1.29 is 5.11 Å². The molecule has 1 N–H and O–H groups in total. The minimum atomic E-state index is 0.361. The normalized spacial score (nSPS) is 17.6. The number of anilines is 1. The summed E-state index contributed by atoms with van der Waals surface area (Å²) in [6.07, 6.45) is 1.07. The first-order valence-corrected chi connectivity index (χ1v) is 7.26. The van der Waals surface area contributed by atoms with Crippen molar-refractivity contribution in [2.45, 2.75) is 25.9 Å². The van der Waals surface area contributed by atoms with Crippen LogP contribution >= 0.6 is 15.9 Å². The van der Waals surface area contributed by atoms with Crippen LogP contribution in [0.15, 0.2) is 46.9 Å². The molecule has 19 heavy (non-hydrogen) atoms. The molecule has 0 saturated heterocycles. The summed E-state index contributed by atoms with van der Waals surface area (Å²) in [5.41, 5.74) is 3.64. The summed E-state index contributed by atoms with van der Waals surface area (Å²) >= 11 is 3.46. The van der Waals surface area contributed by atoms with E-state index in [2.05, 4.69) is 52.0 Å². The molecule has 1 aliphatic rings. The molecule has 0 aromatic heterocycles. The molecular weight excluding hydrogens is 302 g/mol. The summed E-state index contributed by atoms with van der Waals surface area (Å²) in [4.78, 5) is 2.36. The van der Waals surface area contributed by atoms with Crippen molar-refractivity contribution in [3.8, 4) is 5.75 Å². The Hall–Kier alpha value is -1.48.